The number of phenols is 1. The molecule has 0 bridgehead atoms. The smallest absolute Gasteiger partial charge is 0.336 e. The number of ketones is 1. The molecule has 3 atom stereocenters. The van der Waals surface area contributed by atoms with Crippen molar-refractivity contribution in [2.75, 3.05) is 7.11 Å². The highest BCUT2D eigenvalue weighted by atomic mass is 32.1. The lowest BCUT2D eigenvalue weighted by Gasteiger charge is -2.39. The third kappa shape index (κ3) is 3.61. The van der Waals surface area contributed by atoms with Crippen LogP contribution in [0, 0.1) is 16.0 Å². The minimum absolute atomic E-state index is 0.0713. The Bertz CT molecular complexity index is 1130. The second-order valence-corrected chi connectivity index (χ2v) is 8.51. The molecule has 0 fully saturated rings. The molecule has 2 aromatic rings. The first-order chi connectivity index (χ1) is 14.8. The second-order valence-electron chi connectivity index (χ2n) is 7.53. The number of fused-ring (bicyclic) bond motifs is 1. The number of carbonyl (C=O) groups excluding carboxylic acids is 2. The fraction of sp³-hybridized carbons (Fsp3) is 0.273. The molecule has 2 N–H and O–H groups in total. The van der Waals surface area contributed by atoms with Crippen molar-refractivity contribution in [2.24, 2.45) is 5.92 Å². The molecule has 2 aliphatic rings. The summed E-state index contributed by atoms with van der Waals surface area (Å²) in [6, 6.07) is 7.85. The molecule has 2 heterocycles. The zero-order chi connectivity index (χ0) is 22.3. The number of ether oxygens (including phenoxy) is 1. The number of phenolic OH excluding ortho intramolecular Hbond substituents is 1. The van der Waals surface area contributed by atoms with Crippen LogP contribution in [0.4, 0.5) is 5.69 Å². The summed E-state index contributed by atoms with van der Waals surface area (Å²) in [7, 11) is 1.25. The summed E-state index contributed by atoms with van der Waals surface area (Å²) < 4.78 is 4.96. The van der Waals surface area contributed by atoms with E-state index in [9.17, 15) is 24.8 Å². The SMILES string of the molecule is COC(=O)C1=C(C)NC2=CC(c3cccs3)CC(=O)C2C1c1ccc(O)c([N+](=O)[O-])c1. The Labute approximate surface area is 182 Å². The van der Waals surface area contributed by atoms with Crippen LogP contribution in [-0.4, -0.2) is 28.9 Å². The number of carbonyl (C=O) groups is 2. The number of hydrogen-bond acceptors (Lipinski definition) is 8. The molecule has 0 radical (unpaired) electrons. The normalized spacial score (nSPS) is 23.0. The minimum Gasteiger partial charge on any atom is -0.502 e. The molecule has 0 saturated carbocycles. The first-order valence-electron chi connectivity index (χ1n) is 9.63. The molecule has 9 heteroatoms. The number of benzene rings is 1. The van der Waals surface area contributed by atoms with Gasteiger partial charge in [-0.2, -0.15) is 0 Å². The van der Waals surface area contributed by atoms with Gasteiger partial charge in [0.05, 0.1) is 23.5 Å². The highest BCUT2D eigenvalue weighted by molar-refractivity contribution is 7.10. The highest BCUT2D eigenvalue weighted by Gasteiger charge is 2.45. The summed E-state index contributed by atoms with van der Waals surface area (Å²) in [4.78, 5) is 37.7. The van der Waals surface area contributed by atoms with Gasteiger partial charge in [0, 0.05) is 40.6 Å². The maximum Gasteiger partial charge on any atom is 0.336 e. The summed E-state index contributed by atoms with van der Waals surface area (Å²) in [5.41, 5.74) is 1.34. The molecule has 0 spiro atoms. The Balaban J connectivity index is 1.88. The van der Waals surface area contributed by atoms with Crippen LogP contribution in [0.25, 0.3) is 0 Å². The lowest BCUT2D eigenvalue weighted by Crippen LogP contribution is -2.41. The average Bonchev–Trinajstić information content (AvgIpc) is 3.27. The number of nitro groups is 1. The highest BCUT2D eigenvalue weighted by Crippen LogP contribution is 2.47. The number of rotatable bonds is 4. The minimum atomic E-state index is -0.768. The predicted molar refractivity (Wildman–Crippen MR) is 114 cm³/mol. The Morgan fingerprint density at radius 1 is 1.32 bits per heavy atom. The fourth-order valence-electron chi connectivity index (χ4n) is 4.38. The van der Waals surface area contributed by atoms with Crippen molar-refractivity contribution in [2.45, 2.75) is 25.2 Å². The van der Waals surface area contributed by atoms with Crippen molar-refractivity contribution in [3.05, 3.63) is 79.3 Å². The molecule has 0 saturated heterocycles. The maximum atomic E-state index is 13.3. The second kappa shape index (κ2) is 7.99. The molecule has 160 valence electrons. The quantitative estimate of drug-likeness (QED) is 0.422. The summed E-state index contributed by atoms with van der Waals surface area (Å²) in [6.07, 6.45) is 2.26. The maximum absolute atomic E-state index is 13.3. The van der Waals surface area contributed by atoms with Gasteiger partial charge in [0.2, 0.25) is 0 Å². The summed E-state index contributed by atoms with van der Waals surface area (Å²) in [5.74, 6) is -2.72. The van der Waals surface area contributed by atoms with Crippen molar-refractivity contribution in [3.8, 4) is 5.75 Å². The molecule has 1 aliphatic heterocycles. The Hall–Kier alpha value is -3.46. The van der Waals surface area contributed by atoms with E-state index in [1.807, 2.05) is 23.6 Å². The molecule has 3 unspecified atom stereocenters. The van der Waals surface area contributed by atoms with Crippen LogP contribution < -0.4 is 5.32 Å². The average molecular weight is 440 g/mol. The van der Waals surface area contributed by atoms with Crippen molar-refractivity contribution < 1.29 is 24.4 Å². The molecule has 31 heavy (non-hydrogen) atoms. The number of Topliss-reactive ketones (excluding diaryl/α,β-unsaturated/α-hetero) is 1. The topological polar surface area (TPSA) is 119 Å². The van der Waals surface area contributed by atoms with Gasteiger partial charge in [-0.15, -0.1) is 11.3 Å². The zero-order valence-corrected chi connectivity index (χ0v) is 17.6. The van der Waals surface area contributed by atoms with Crippen LogP contribution in [0.15, 0.2) is 58.8 Å². The molecule has 4 rings (SSSR count). The van der Waals surface area contributed by atoms with Crippen molar-refractivity contribution >= 4 is 28.8 Å². The van der Waals surface area contributed by atoms with Gasteiger partial charge in [-0.3, -0.25) is 14.9 Å². The molecule has 1 aliphatic carbocycles. The van der Waals surface area contributed by atoms with Crippen LogP contribution in [0.3, 0.4) is 0 Å². The number of esters is 1. The molecular weight excluding hydrogens is 420 g/mol. The molecule has 0 amide bonds. The Morgan fingerprint density at radius 2 is 2.10 bits per heavy atom. The largest absolute Gasteiger partial charge is 0.502 e. The number of methoxy groups -OCH3 is 1. The lowest BCUT2D eigenvalue weighted by atomic mass is 9.69. The van der Waals surface area contributed by atoms with E-state index in [-0.39, 0.29) is 23.7 Å². The van der Waals surface area contributed by atoms with Crippen molar-refractivity contribution in [1.29, 1.82) is 0 Å². The van der Waals surface area contributed by atoms with Gasteiger partial charge in [-0.25, -0.2) is 4.79 Å². The van der Waals surface area contributed by atoms with E-state index in [4.69, 9.17) is 4.74 Å². The summed E-state index contributed by atoms with van der Waals surface area (Å²) in [5, 5.41) is 26.4. The van der Waals surface area contributed by atoms with Crippen LogP contribution in [0.1, 0.15) is 35.6 Å². The number of nitrogens with one attached hydrogen (secondary N) is 1. The fourth-order valence-corrected chi connectivity index (χ4v) is 5.18. The third-order valence-corrected chi connectivity index (χ3v) is 6.74. The number of nitro benzene ring substituents is 1. The van der Waals surface area contributed by atoms with E-state index in [2.05, 4.69) is 5.32 Å². The predicted octanol–water partition coefficient (Wildman–Crippen LogP) is 3.75. The van der Waals surface area contributed by atoms with Gasteiger partial charge < -0.3 is 15.2 Å². The third-order valence-electron chi connectivity index (χ3n) is 5.73. The van der Waals surface area contributed by atoms with E-state index in [0.717, 1.165) is 4.88 Å². The van der Waals surface area contributed by atoms with Crippen molar-refractivity contribution in [3.63, 3.8) is 0 Å². The molecule has 1 aromatic carbocycles. The van der Waals surface area contributed by atoms with Gasteiger partial charge in [0.1, 0.15) is 5.78 Å². The molecule has 1 aromatic heterocycles. The van der Waals surface area contributed by atoms with Crippen LogP contribution in [0.5, 0.6) is 5.75 Å². The van der Waals surface area contributed by atoms with E-state index in [1.54, 1.807) is 18.3 Å². The van der Waals surface area contributed by atoms with Crippen molar-refractivity contribution in [1.82, 2.24) is 5.32 Å². The Kier molecular flexibility index (Phi) is 5.36. The number of thiophene rings is 1. The van der Waals surface area contributed by atoms with E-state index < -0.39 is 34.2 Å². The molecular formula is C22H20N2O6S. The van der Waals surface area contributed by atoms with Crippen LogP contribution >= 0.6 is 11.3 Å². The van der Waals surface area contributed by atoms with Gasteiger partial charge in [0.25, 0.3) is 0 Å². The first kappa shape index (κ1) is 20.8. The lowest BCUT2D eigenvalue weighted by molar-refractivity contribution is -0.385. The van der Waals surface area contributed by atoms with E-state index in [1.165, 1.54) is 25.3 Å². The zero-order valence-electron chi connectivity index (χ0n) is 16.8. The monoisotopic (exact) mass is 440 g/mol. The summed E-state index contributed by atoms with van der Waals surface area (Å²) >= 11 is 1.57. The molecule has 8 nitrogen and oxygen atoms in total. The van der Waals surface area contributed by atoms with E-state index >= 15 is 0 Å². The van der Waals surface area contributed by atoms with Gasteiger partial charge in [-0.1, -0.05) is 18.2 Å². The van der Waals surface area contributed by atoms with Gasteiger partial charge >= 0.3 is 11.7 Å². The summed E-state index contributed by atoms with van der Waals surface area (Å²) in [6.45, 7) is 1.71. The van der Waals surface area contributed by atoms with Crippen LogP contribution in [0.2, 0.25) is 0 Å². The van der Waals surface area contributed by atoms with Gasteiger partial charge in [0.15, 0.2) is 5.75 Å². The van der Waals surface area contributed by atoms with E-state index in [0.29, 0.717) is 17.0 Å². The number of allylic oxidation sites excluding steroid dienone is 3. The van der Waals surface area contributed by atoms with Gasteiger partial charge in [-0.05, 0) is 30.0 Å². The van der Waals surface area contributed by atoms with Crippen LogP contribution in [-0.2, 0) is 14.3 Å². The number of nitrogens with zero attached hydrogens (tertiary/aromatic N) is 1. The first-order valence-corrected chi connectivity index (χ1v) is 10.5. The Morgan fingerprint density at radius 3 is 2.74 bits per heavy atom. The standard InChI is InChI=1S/C22H20N2O6S/c1-11-19(22(27)30-2)20(12-5-6-16(25)15(9-12)24(28)29)21-14(23-11)8-13(10-17(21)26)18-4-3-7-31-18/h3-9,13,20-21,23,25H,10H2,1-2H3. The number of hydrogen-bond donors (Lipinski definition) is 2. The number of aromatic hydroxyl groups is 1.